The van der Waals surface area contributed by atoms with Crippen molar-refractivity contribution in [2.24, 2.45) is 0 Å². The van der Waals surface area contributed by atoms with Gasteiger partial charge in [-0.25, -0.2) is 9.31 Å². The fourth-order valence-electron chi connectivity index (χ4n) is 4.02. The second-order valence-electron chi connectivity index (χ2n) is 8.67. The van der Waals surface area contributed by atoms with E-state index >= 15 is 0 Å². The van der Waals surface area contributed by atoms with Crippen molar-refractivity contribution in [3.63, 3.8) is 0 Å². The number of carbonyl (C=O) groups excluding carboxylic acids is 2. The van der Waals surface area contributed by atoms with Gasteiger partial charge in [0, 0.05) is 36.8 Å². The molecule has 0 unspecified atom stereocenters. The van der Waals surface area contributed by atoms with E-state index in [2.05, 4.69) is 31.1 Å². The summed E-state index contributed by atoms with van der Waals surface area (Å²) in [5.41, 5.74) is 4.22. The molecular weight excluding hydrogens is 478 g/mol. The molecule has 0 spiro atoms. The number of rotatable bonds is 8. The summed E-state index contributed by atoms with van der Waals surface area (Å²) in [4.78, 5) is 27.9. The van der Waals surface area contributed by atoms with E-state index < -0.39 is 0 Å². The third-order valence-corrected chi connectivity index (χ3v) is 6.20. The number of hydrogen-bond acceptors (Lipinski definition) is 9. The van der Waals surface area contributed by atoms with Crippen LogP contribution in [0.15, 0.2) is 42.7 Å². The number of benzene rings is 1. The summed E-state index contributed by atoms with van der Waals surface area (Å²) >= 11 is 0. The molecule has 1 fully saturated rings. The number of aryl methyl sites for hydroxylation is 1. The summed E-state index contributed by atoms with van der Waals surface area (Å²) in [7, 11) is 3.00. The minimum absolute atomic E-state index is 0.0607. The predicted octanol–water partition coefficient (Wildman–Crippen LogP) is 2.23. The third kappa shape index (κ3) is 4.93. The van der Waals surface area contributed by atoms with Crippen molar-refractivity contribution >= 4 is 28.9 Å². The van der Waals surface area contributed by atoms with Crippen LogP contribution in [0.3, 0.4) is 0 Å². The maximum Gasteiger partial charge on any atom is 0.409 e. The van der Waals surface area contributed by atoms with Gasteiger partial charge in [-0.15, -0.1) is 10.2 Å². The molecular formula is C24H27N9O4. The Morgan fingerprint density at radius 2 is 2.00 bits per heavy atom. The van der Waals surface area contributed by atoms with Crippen LogP contribution in [-0.2, 0) is 9.47 Å². The Bertz CT molecular complexity index is 1440. The molecule has 1 saturated heterocycles. The number of methoxy groups -OCH3 is 2. The number of amides is 2. The van der Waals surface area contributed by atoms with Crippen molar-refractivity contribution in [2.45, 2.75) is 13.0 Å². The average molecular weight is 506 g/mol. The van der Waals surface area contributed by atoms with Gasteiger partial charge in [-0.1, -0.05) is 12.1 Å². The lowest BCUT2D eigenvalue weighted by Gasteiger charge is -2.36. The lowest BCUT2D eigenvalue weighted by molar-refractivity contribution is 0.0621. The topological polar surface area (TPSA) is 141 Å². The molecule has 0 atom stereocenters. The highest BCUT2D eigenvalue weighted by molar-refractivity contribution is 6.09. The largest absolute Gasteiger partial charge is 0.453 e. The normalized spacial score (nSPS) is 13.4. The summed E-state index contributed by atoms with van der Waals surface area (Å²) in [6.45, 7) is 4.05. The second-order valence-corrected chi connectivity index (χ2v) is 8.67. The first-order chi connectivity index (χ1) is 18.0. The highest BCUT2D eigenvalue weighted by Crippen LogP contribution is 2.26. The average Bonchev–Trinajstić information content (AvgIpc) is 3.52. The van der Waals surface area contributed by atoms with Crippen molar-refractivity contribution < 1.29 is 19.1 Å². The van der Waals surface area contributed by atoms with E-state index in [1.165, 1.54) is 11.9 Å². The number of ether oxygens (including phenoxy) is 2. The van der Waals surface area contributed by atoms with Gasteiger partial charge >= 0.3 is 6.09 Å². The third-order valence-electron chi connectivity index (χ3n) is 6.20. The lowest BCUT2D eigenvalue weighted by Crippen LogP contribution is -2.51. The van der Waals surface area contributed by atoms with E-state index in [0.29, 0.717) is 54.4 Å². The van der Waals surface area contributed by atoms with Crippen molar-refractivity contribution in [2.75, 3.05) is 51.1 Å². The molecule has 5 rings (SSSR count). The number of likely N-dealkylation sites (tertiary alicyclic amines) is 1. The van der Waals surface area contributed by atoms with Crippen LogP contribution in [-0.4, -0.2) is 87.2 Å². The number of hydrogen-bond donors (Lipinski definition) is 2. The molecule has 0 aliphatic carbocycles. The highest BCUT2D eigenvalue weighted by atomic mass is 16.5. The number of carbonyl (C=O) groups is 2. The van der Waals surface area contributed by atoms with Crippen LogP contribution in [0.2, 0.25) is 0 Å². The molecule has 13 nitrogen and oxygen atoms in total. The standard InChI is InChI=1S/C24H27N9O4/c1-15-4-5-16(22-28-30-33(29-22)18-13-31(14-18)24(35)37-3)10-20(15)27-23(34)19-12-26-32-8-6-17(11-21(19)32)25-7-9-36-2/h4-6,8,10-12,18,25H,7,9,13-14H2,1-3H3,(H,27,34). The van der Waals surface area contributed by atoms with Crippen molar-refractivity contribution in [3.05, 3.63) is 53.9 Å². The summed E-state index contributed by atoms with van der Waals surface area (Å²) in [5.74, 6) is 0.146. The number of aromatic nitrogens is 6. The zero-order valence-corrected chi connectivity index (χ0v) is 20.7. The van der Waals surface area contributed by atoms with E-state index in [-0.39, 0.29) is 18.0 Å². The first-order valence-electron chi connectivity index (χ1n) is 11.7. The van der Waals surface area contributed by atoms with Crippen LogP contribution < -0.4 is 10.6 Å². The van der Waals surface area contributed by atoms with Gasteiger partial charge in [-0.2, -0.15) is 9.90 Å². The molecule has 4 aromatic rings. The highest BCUT2D eigenvalue weighted by Gasteiger charge is 2.34. The number of tetrazole rings is 1. The van der Waals surface area contributed by atoms with Gasteiger partial charge in [0.25, 0.3) is 5.91 Å². The fraction of sp³-hybridized carbons (Fsp3) is 0.333. The molecule has 1 aromatic carbocycles. The number of anilines is 2. The first kappa shape index (κ1) is 24.2. The van der Waals surface area contributed by atoms with Gasteiger partial charge in [0.05, 0.1) is 44.1 Å². The zero-order chi connectivity index (χ0) is 25.9. The van der Waals surface area contributed by atoms with Crippen molar-refractivity contribution in [1.82, 2.24) is 34.7 Å². The molecule has 2 amide bonds. The number of fused-ring (bicyclic) bond motifs is 1. The smallest absolute Gasteiger partial charge is 0.409 e. The summed E-state index contributed by atoms with van der Waals surface area (Å²) in [6, 6.07) is 9.30. The summed E-state index contributed by atoms with van der Waals surface area (Å²) in [5, 5.41) is 23.3. The number of pyridine rings is 1. The molecule has 1 aliphatic rings. The van der Waals surface area contributed by atoms with E-state index in [1.54, 1.807) is 28.9 Å². The number of nitrogens with zero attached hydrogens (tertiary/aromatic N) is 7. The van der Waals surface area contributed by atoms with Crippen LogP contribution in [0.1, 0.15) is 22.0 Å². The minimum Gasteiger partial charge on any atom is -0.453 e. The summed E-state index contributed by atoms with van der Waals surface area (Å²) < 4.78 is 11.5. The maximum absolute atomic E-state index is 13.2. The molecule has 192 valence electrons. The SMILES string of the molecule is COCCNc1ccn2ncc(C(=O)Nc3cc(-c4nnn(C5CN(C(=O)OC)C5)n4)ccc3C)c2c1. The van der Waals surface area contributed by atoms with Crippen molar-refractivity contribution in [1.29, 1.82) is 0 Å². The van der Waals surface area contributed by atoms with Gasteiger partial charge in [-0.3, -0.25) is 4.79 Å². The van der Waals surface area contributed by atoms with E-state index in [0.717, 1.165) is 11.3 Å². The Labute approximate surface area is 212 Å². The first-order valence-corrected chi connectivity index (χ1v) is 11.7. The monoisotopic (exact) mass is 505 g/mol. The van der Waals surface area contributed by atoms with Crippen molar-refractivity contribution in [3.8, 4) is 11.4 Å². The van der Waals surface area contributed by atoms with Gasteiger partial charge < -0.3 is 25.0 Å². The maximum atomic E-state index is 13.2. The Hall–Kier alpha value is -4.52. The van der Waals surface area contributed by atoms with Crippen LogP contribution in [0, 0.1) is 6.92 Å². The van der Waals surface area contributed by atoms with E-state index in [9.17, 15) is 9.59 Å². The van der Waals surface area contributed by atoms with E-state index in [4.69, 9.17) is 9.47 Å². The number of nitrogens with one attached hydrogen (secondary N) is 2. The Morgan fingerprint density at radius 1 is 1.16 bits per heavy atom. The molecule has 3 aromatic heterocycles. The molecule has 1 aliphatic heterocycles. The molecule has 0 bridgehead atoms. The molecule has 2 N–H and O–H groups in total. The Balaban J connectivity index is 1.31. The quantitative estimate of drug-likeness (QED) is 0.345. The van der Waals surface area contributed by atoms with Crippen LogP contribution >= 0.6 is 0 Å². The Morgan fingerprint density at radius 3 is 2.78 bits per heavy atom. The zero-order valence-electron chi connectivity index (χ0n) is 20.7. The van der Waals surface area contributed by atoms with Gasteiger partial charge in [0.1, 0.15) is 6.04 Å². The Kier molecular flexibility index (Phi) is 6.68. The van der Waals surface area contributed by atoms with Gasteiger partial charge in [-0.05, 0) is 35.9 Å². The molecule has 13 heteroatoms. The van der Waals surface area contributed by atoms with Crippen LogP contribution in [0.5, 0.6) is 0 Å². The molecule has 4 heterocycles. The van der Waals surface area contributed by atoms with E-state index in [1.807, 2.05) is 37.3 Å². The second kappa shape index (κ2) is 10.2. The fourth-order valence-corrected chi connectivity index (χ4v) is 4.02. The van der Waals surface area contributed by atoms with Crippen LogP contribution in [0.4, 0.5) is 16.2 Å². The van der Waals surface area contributed by atoms with Crippen LogP contribution in [0.25, 0.3) is 16.9 Å². The molecule has 0 radical (unpaired) electrons. The summed E-state index contributed by atoms with van der Waals surface area (Å²) in [6.07, 6.45) is 2.97. The van der Waals surface area contributed by atoms with Gasteiger partial charge in [0.2, 0.25) is 5.82 Å². The minimum atomic E-state index is -0.375. The predicted molar refractivity (Wildman–Crippen MR) is 135 cm³/mol. The molecule has 37 heavy (non-hydrogen) atoms. The lowest BCUT2D eigenvalue weighted by atomic mass is 10.1. The molecule has 0 saturated carbocycles. The van der Waals surface area contributed by atoms with Gasteiger partial charge in [0.15, 0.2) is 0 Å².